The highest BCUT2D eigenvalue weighted by molar-refractivity contribution is 5.43. The molecule has 3 heteroatoms. The predicted molar refractivity (Wildman–Crippen MR) is 77.8 cm³/mol. The summed E-state index contributed by atoms with van der Waals surface area (Å²) in [6.45, 7) is 2.82. The van der Waals surface area contributed by atoms with Crippen LogP contribution in [-0.4, -0.2) is 19.8 Å². The van der Waals surface area contributed by atoms with E-state index in [1.807, 2.05) is 19.1 Å². The molecule has 0 bridgehead atoms. The zero-order valence-corrected chi connectivity index (χ0v) is 12.0. The van der Waals surface area contributed by atoms with Gasteiger partial charge in [-0.15, -0.1) is 0 Å². The third kappa shape index (κ3) is 4.13. The van der Waals surface area contributed by atoms with Gasteiger partial charge in [0, 0.05) is 6.04 Å². The van der Waals surface area contributed by atoms with Gasteiger partial charge in [0.2, 0.25) is 0 Å². The third-order valence-corrected chi connectivity index (χ3v) is 3.73. The average Bonchev–Trinajstić information content (AvgIpc) is 2.89. The van der Waals surface area contributed by atoms with Gasteiger partial charge in [-0.05, 0) is 49.8 Å². The minimum atomic E-state index is 0.162. The highest BCUT2D eigenvalue weighted by Crippen LogP contribution is 2.31. The minimum absolute atomic E-state index is 0.162. The normalized spacial score (nSPS) is 17.4. The lowest BCUT2D eigenvalue weighted by Gasteiger charge is -2.15. The predicted octanol–water partition coefficient (Wildman–Crippen LogP) is 3.15. The highest BCUT2D eigenvalue weighted by atomic mass is 16.5. The molecule has 0 amide bonds. The smallest absolute Gasteiger partial charge is 0.161 e. The van der Waals surface area contributed by atoms with Gasteiger partial charge >= 0.3 is 0 Å². The van der Waals surface area contributed by atoms with Crippen molar-refractivity contribution in [1.29, 1.82) is 0 Å². The van der Waals surface area contributed by atoms with Crippen molar-refractivity contribution in [3.63, 3.8) is 0 Å². The van der Waals surface area contributed by atoms with E-state index in [4.69, 9.17) is 15.2 Å². The summed E-state index contributed by atoms with van der Waals surface area (Å²) in [7, 11) is 1.69. The maximum atomic E-state index is 5.92. The molecule has 1 unspecified atom stereocenters. The largest absolute Gasteiger partial charge is 0.493 e. The second kappa shape index (κ2) is 6.80. The van der Waals surface area contributed by atoms with Crippen LogP contribution in [0.3, 0.4) is 0 Å². The summed E-state index contributed by atoms with van der Waals surface area (Å²) in [5.41, 5.74) is 7.02. The van der Waals surface area contributed by atoms with E-state index in [0.29, 0.717) is 5.92 Å². The number of nitrogens with two attached hydrogens (primary N) is 1. The van der Waals surface area contributed by atoms with Crippen molar-refractivity contribution in [2.24, 2.45) is 11.7 Å². The lowest BCUT2D eigenvalue weighted by molar-refractivity contribution is 0.240. The van der Waals surface area contributed by atoms with Crippen LogP contribution >= 0.6 is 0 Å². The standard InChI is InChI=1S/C16H25NO2/c1-12(17)9-14-7-8-15(16(10-14)18-2)19-11-13-5-3-4-6-13/h7-8,10,12-13H,3-6,9,11,17H2,1-2H3. The highest BCUT2D eigenvalue weighted by Gasteiger charge is 2.16. The summed E-state index contributed by atoms with van der Waals surface area (Å²) in [6.07, 6.45) is 6.15. The molecule has 1 aliphatic rings. The van der Waals surface area contributed by atoms with Crippen molar-refractivity contribution < 1.29 is 9.47 Å². The third-order valence-electron chi connectivity index (χ3n) is 3.73. The van der Waals surface area contributed by atoms with E-state index in [-0.39, 0.29) is 6.04 Å². The van der Waals surface area contributed by atoms with Crippen molar-refractivity contribution in [2.45, 2.75) is 45.1 Å². The number of rotatable bonds is 6. The summed E-state index contributed by atoms with van der Waals surface area (Å²) >= 11 is 0. The van der Waals surface area contributed by atoms with Gasteiger partial charge in [-0.25, -0.2) is 0 Å². The van der Waals surface area contributed by atoms with Crippen molar-refractivity contribution in [3.05, 3.63) is 23.8 Å². The van der Waals surface area contributed by atoms with E-state index in [2.05, 4.69) is 6.07 Å². The van der Waals surface area contributed by atoms with Crippen LogP contribution in [0.15, 0.2) is 18.2 Å². The van der Waals surface area contributed by atoms with Crippen LogP contribution in [0, 0.1) is 5.92 Å². The lowest BCUT2D eigenvalue weighted by atomic mass is 10.1. The number of benzene rings is 1. The Morgan fingerprint density at radius 1 is 1.26 bits per heavy atom. The maximum Gasteiger partial charge on any atom is 0.161 e. The number of ether oxygens (including phenoxy) is 2. The molecule has 2 rings (SSSR count). The number of hydrogen-bond donors (Lipinski definition) is 1. The first-order valence-electron chi connectivity index (χ1n) is 7.24. The van der Waals surface area contributed by atoms with Crippen LogP contribution in [-0.2, 0) is 6.42 Å². The SMILES string of the molecule is COc1cc(CC(C)N)ccc1OCC1CCCC1. The molecule has 0 spiro atoms. The Labute approximate surface area is 116 Å². The topological polar surface area (TPSA) is 44.5 Å². The summed E-state index contributed by atoms with van der Waals surface area (Å²) in [6, 6.07) is 6.28. The Bertz CT molecular complexity index is 398. The second-order valence-electron chi connectivity index (χ2n) is 5.63. The van der Waals surface area contributed by atoms with Gasteiger partial charge in [-0.1, -0.05) is 18.9 Å². The van der Waals surface area contributed by atoms with Crippen LogP contribution in [0.2, 0.25) is 0 Å². The second-order valence-corrected chi connectivity index (χ2v) is 5.63. The van der Waals surface area contributed by atoms with E-state index in [1.165, 1.54) is 31.2 Å². The zero-order chi connectivity index (χ0) is 13.7. The van der Waals surface area contributed by atoms with Crippen LogP contribution in [0.5, 0.6) is 11.5 Å². The van der Waals surface area contributed by atoms with Crippen LogP contribution < -0.4 is 15.2 Å². The summed E-state index contributed by atoms with van der Waals surface area (Å²) in [5.74, 6) is 2.38. The van der Waals surface area contributed by atoms with E-state index < -0.39 is 0 Å². The molecule has 1 aliphatic carbocycles. The Hall–Kier alpha value is -1.22. The fraction of sp³-hybridized carbons (Fsp3) is 0.625. The van der Waals surface area contributed by atoms with Gasteiger partial charge in [0.25, 0.3) is 0 Å². The Morgan fingerprint density at radius 2 is 2.00 bits per heavy atom. The summed E-state index contributed by atoms with van der Waals surface area (Å²) in [4.78, 5) is 0. The Morgan fingerprint density at radius 3 is 2.63 bits per heavy atom. The van der Waals surface area contributed by atoms with Crippen LogP contribution in [0.4, 0.5) is 0 Å². The summed E-state index contributed by atoms with van der Waals surface area (Å²) in [5, 5.41) is 0. The van der Waals surface area contributed by atoms with E-state index in [1.54, 1.807) is 7.11 Å². The molecule has 0 aliphatic heterocycles. The fourth-order valence-corrected chi connectivity index (χ4v) is 2.71. The van der Waals surface area contributed by atoms with Crippen molar-refractivity contribution >= 4 is 0 Å². The quantitative estimate of drug-likeness (QED) is 0.857. The fourth-order valence-electron chi connectivity index (χ4n) is 2.71. The number of hydrogen-bond acceptors (Lipinski definition) is 3. The molecule has 0 saturated heterocycles. The van der Waals surface area contributed by atoms with Gasteiger partial charge in [0.1, 0.15) is 0 Å². The average molecular weight is 263 g/mol. The molecule has 19 heavy (non-hydrogen) atoms. The van der Waals surface area contributed by atoms with Gasteiger partial charge < -0.3 is 15.2 Å². The van der Waals surface area contributed by atoms with E-state index >= 15 is 0 Å². The van der Waals surface area contributed by atoms with Gasteiger partial charge in [-0.3, -0.25) is 0 Å². The molecule has 0 aromatic heterocycles. The molecule has 1 aromatic rings. The van der Waals surface area contributed by atoms with Crippen LogP contribution in [0.25, 0.3) is 0 Å². The minimum Gasteiger partial charge on any atom is -0.493 e. The molecule has 2 N–H and O–H groups in total. The van der Waals surface area contributed by atoms with Gasteiger partial charge in [0.15, 0.2) is 11.5 Å². The monoisotopic (exact) mass is 263 g/mol. The Balaban J connectivity index is 1.98. The van der Waals surface area contributed by atoms with Crippen molar-refractivity contribution in [2.75, 3.05) is 13.7 Å². The molecular formula is C16H25NO2. The van der Waals surface area contributed by atoms with Gasteiger partial charge in [-0.2, -0.15) is 0 Å². The first-order chi connectivity index (χ1) is 9.19. The molecule has 1 fully saturated rings. The lowest BCUT2D eigenvalue weighted by Crippen LogP contribution is -2.17. The first-order valence-corrected chi connectivity index (χ1v) is 7.24. The molecule has 1 atom stereocenters. The number of methoxy groups -OCH3 is 1. The Kier molecular flexibility index (Phi) is 5.08. The zero-order valence-electron chi connectivity index (χ0n) is 12.0. The molecule has 0 radical (unpaired) electrons. The molecule has 1 aromatic carbocycles. The maximum absolute atomic E-state index is 5.92. The van der Waals surface area contributed by atoms with E-state index in [0.717, 1.165) is 24.5 Å². The van der Waals surface area contributed by atoms with Crippen molar-refractivity contribution in [1.82, 2.24) is 0 Å². The van der Waals surface area contributed by atoms with E-state index in [9.17, 15) is 0 Å². The van der Waals surface area contributed by atoms with Gasteiger partial charge in [0.05, 0.1) is 13.7 Å². The molecular weight excluding hydrogens is 238 g/mol. The molecule has 3 nitrogen and oxygen atoms in total. The molecule has 106 valence electrons. The first kappa shape index (κ1) is 14.2. The van der Waals surface area contributed by atoms with Crippen LogP contribution in [0.1, 0.15) is 38.2 Å². The molecule has 0 heterocycles. The molecule has 1 saturated carbocycles. The summed E-state index contributed by atoms with van der Waals surface area (Å²) < 4.78 is 11.3. The van der Waals surface area contributed by atoms with Crippen molar-refractivity contribution in [3.8, 4) is 11.5 Å².